The molecule has 1 heterocycles. The van der Waals surface area contributed by atoms with Crippen molar-refractivity contribution in [2.24, 2.45) is 4.99 Å². The number of ether oxygens (including phenoxy) is 1. The van der Waals surface area contributed by atoms with Crippen molar-refractivity contribution in [2.45, 2.75) is 25.7 Å². The van der Waals surface area contributed by atoms with Gasteiger partial charge in [0.2, 0.25) is 0 Å². The van der Waals surface area contributed by atoms with E-state index in [0.717, 1.165) is 30.2 Å². The minimum absolute atomic E-state index is 0. The standard InChI is InChI=1S/C13H18N2O.BrH/c1-16-12-8-6-11(7-9-12)15-13-5-3-2-4-10-14-13;/h6-9H,2-5,10H2,1H3,(H,14,15);1H. The van der Waals surface area contributed by atoms with Crippen molar-refractivity contribution in [3.05, 3.63) is 24.3 Å². The van der Waals surface area contributed by atoms with Gasteiger partial charge in [0.25, 0.3) is 0 Å². The summed E-state index contributed by atoms with van der Waals surface area (Å²) in [5.41, 5.74) is 1.08. The van der Waals surface area contributed by atoms with Crippen molar-refractivity contribution >= 4 is 28.5 Å². The summed E-state index contributed by atoms with van der Waals surface area (Å²) in [7, 11) is 1.68. The molecule has 0 spiro atoms. The van der Waals surface area contributed by atoms with Gasteiger partial charge in [0.05, 0.1) is 7.11 Å². The van der Waals surface area contributed by atoms with Crippen LogP contribution in [0.25, 0.3) is 0 Å². The molecule has 0 amide bonds. The molecule has 0 saturated heterocycles. The first kappa shape index (κ1) is 14.0. The van der Waals surface area contributed by atoms with Crippen molar-refractivity contribution in [3.63, 3.8) is 0 Å². The number of hydrogen-bond acceptors (Lipinski definition) is 3. The maximum atomic E-state index is 5.12. The van der Waals surface area contributed by atoms with Crippen LogP contribution in [0.3, 0.4) is 0 Å². The summed E-state index contributed by atoms with van der Waals surface area (Å²) in [6.45, 7) is 0.957. The van der Waals surface area contributed by atoms with Crippen molar-refractivity contribution in [1.82, 2.24) is 0 Å². The van der Waals surface area contributed by atoms with E-state index in [1.54, 1.807) is 7.11 Å². The number of hydrogen-bond donors (Lipinski definition) is 1. The zero-order valence-electron chi connectivity index (χ0n) is 10.1. The average molecular weight is 299 g/mol. The van der Waals surface area contributed by atoms with Gasteiger partial charge in [-0.05, 0) is 37.1 Å². The van der Waals surface area contributed by atoms with Crippen LogP contribution in [-0.4, -0.2) is 19.5 Å². The lowest BCUT2D eigenvalue weighted by Gasteiger charge is -2.08. The molecule has 1 aromatic rings. The van der Waals surface area contributed by atoms with E-state index in [9.17, 15) is 0 Å². The molecule has 1 aliphatic rings. The van der Waals surface area contributed by atoms with E-state index in [1.165, 1.54) is 19.3 Å². The van der Waals surface area contributed by atoms with Crippen LogP contribution in [0, 0.1) is 0 Å². The maximum absolute atomic E-state index is 5.12. The number of anilines is 1. The summed E-state index contributed by atoms with van der Waals surface area (Å²) in [4.78, 5) is 4.54. The number of halogens is 1. The van der Waals surface area contributed by atoms with Gasteiger partial charge in [-0.2, -0.15) is 0 Å². The maximum Gasteiger partial charge on any atom is 0.119 e. The predicted octanol–water partition coefficient (Wildman–Crippen LogP) is 3.66. The monoisotopic (exact) mass is 298 g/mol. The van der Waals surface area contributed by atoms with Crippen molar-refractivity contribution in [1.29, 1.82) is 0 Å². The summed E-state index contributed by atoms with van der Waals surface area (Å²) in [6.07, 6.45) is 4.80. The molecule has 4 heteroatoms. The molecule has 17 heavy (non-hydrogen) atoms. The van der Waals surface area contributed by atoms with Gasteiger partial charge in [-0.25, -0.2) is 0 Å². The zero-order chi connectivity index (χ0) is 11.2. The molecule has 0 atom stereocenters. The molecule has 0 saturated carbocycles. The molecule has 0 aromatic heterocycles. The Balaban J connectivity index is 0.00000144. The minimum Gasteiger partial charge on any atom is -0.497 e. The van der Waals surface area contributed by atoms with Crippen LogP contribution in [0.2, 0.25) is 0 Å². The van der Waals surface area contributed by atoms with E-state index in [1.807, 2.05) is 24.3 Å². The van der Waals surface area contributed by atoms with Crippen LogP contribution < -0.4 is 10.1 Å². The highest BCUT2D eigenvalue weighted by Gasteiger charge is 2.04. The predicted molar refractivity (Wildman–Crippen MR) is 77.7 cm³/mol. The first-order chi connectivity index (χ1) is 7.88. The van der Waals surface area contributed by atoms with Crippen LogP contribution >= 0.6 is 17.0 Å². The van der Waals surface area contributed by atoms with Crippen molar-refractivity contribution in [3.8, 4) is 5.75 Å². The highest BCUT2D eigenvalue weighted by Crippen LogP contribution is 2.16. The lowest BCUT2D eigenvalue weighted by atomic mass is 10.2. The molecule has 3 nitrogen and oxygen atoms in total. The quantitative estimate of drug-likeness (QED) is 0.904. The van der Waals surface area contributed by atoms with E-state index in [-0.39, 0.29) is 17.0 Å². The van der Waals surface area contributed by atoms with E-state index < -0.39 is 0 Å². The Bertz CT molecular complexity index is 362. The molecule has 1 aromatic carbocycles. The van der Waals surface area contributed by atoms with Gasteiger partial charge in [-0.1, -0.05) is 6.42 Å². The second kappa shape index (κ2) is 7.33. The van der Waals surface area contributed by atoms with E-state index >= 15 is 0 Å². The van der Waals surface area contributed by atoms with E-state index in [2.05, 4.69) is 10.3 Å². The molecular formula is C13H19BrN2O. The smallest absolute Gasteiger partial charge is 0.119 e. The minimum atomic E-state index is 0. The van der Waals surface area contributed by atoms with E-state index in [4.69, 9.17) is 4.74 Å². The topological polar surface area (TPSA) is 33.6 Å². The molecule has 0 aliphatic carbocycles. The molecular weight excluding hydrogens is 280 g/mol. The highest BCUT2D eigenvalue weighted by molar-refractivity contribution is 8.93. The average Bonchev–Trinajstić information content (AvgIpc) is 2.59. The van der Waals surface area contributed by atoms with Crippen LogP contribution in [0.4, 0.5) is 5.69 Å². The van der Waals surface area contributed by atoms with Crippen molar-refractivity contribution < 1.29 is 4.74 Å². The first-order valence-electron chi connectivity index (χ1n) is 5.83. The lowest BCUT2D eigenvalue weighted by Crippen LogP contribution is -2.11. The lowest BCUT2D eigenvalue weighted by molar-refractivity contribution is 0.415. The molecule has 1 N–H and O–H groups in total. The third-order valence-electron chi connectivity index (χ3n) is 2.75. The zero-order valence-corrected chi connectivity index (χ0v) is 11.8. The van der Waals surface area contributed by atoms with Gasteiger partial charge < -0.3 is 10.1 Å². The summed E-state index contributed by atoms with van der Waals surface area (Å²) in [5, 5.41) is 3.37. The third-order valence-corrected chi connectivity index (χ3v) is 2.75. The Labute approximate surface area is 113 Å². The summed E-state index contributed by atoms with van der Waals surface area (Å²) >= 11 is 0. The van der Waals surface area contributed by atoms with Crippen LogP contribution in [-0.2, 0) is 0 Å². The third kappa shape index (κ3) is 4.38. The number of methoxy groups -OCH3 is 1. The Morgan fingerprint density at radius 1 is 1.12 bits per heavy atom. The number of amidine groups is 1. The Morgan fingerprint density at radius 2 is 1.88 bits per heavy atom. The Kier molecular flexibility index (Phi) is 6.05. The molecule has 2 rings (SSSR count). The molecule has 0 fully saturated rings. The second-order valence-corrected chi connectivity index (χ2v) is 3.99. The largest absolute Gasteiger partial charge is 0.497 e. The van der Waals surface area contributed by atoms with Gasteiger partial charge in [0.1, 0.15) is 11.6 Å². The van der Waals surface area contributed by atoms with Gasteiger partial charge in [0, 0.05) is 18.7 Å². The van der Waals surface area contributed by atoms with E-state index in [0.29, 0.717) is 0 Å². The Morgan fingerprint density at radius 3 is 2.59 bits per heavy atom. The fourth-order valence-electron chi connectivity index (χ4n) is 1.82. The number of benzene rings is 1. The van der Waals surface area contributed by atoms with Gasteiger partial charge in [0.15, 0.2) is 0 Å². The van der Waals surface area contributed by atoms with Crippen LogP contribution in [0.1, 0.15) is 25.7 Å². The second-order valence-electron chi connectivity index (χ2n) is 3.99. The highest BCUT2D eigenvalue weighted by atomic mass is 79.9. The number of rotatable bonds is 2. The first-order valence-corrected chi connectivity index (χ1v) is 5.83. The molecule has 1 aliphatic heterocycles. The van der Waals surface area contributed by atoms with Gasteiger partial charge >= 0.3 is 0 Å². The fraction of sp³-hybridized carbons (Fsp3) is 0.462. The summed E-state index contributed by atoms with van der Waals surface area (Å²) in [6, 6.07) is 7.96. The van der Waals surface area contributed by atoms with Crippen LogP contribution in [0.15, 0.2) is 29.3 Å². The summed E-state index contributed by atoms with van der Waals surface area (Å²) < 4.78 is 5.12. The normalized spacial score (nSPS) is 15.2. The van der Waals surface area contributed by atoms with Crippen LogP contribution in [0.5, 0.6) is 5.75 Å². The number of aliphatic imine (C=N–C) groups is 1. The van der Waals surface area contributed by atoms with Crippen molar-refractivity contribution in [2.75, 3.05) is 19.0 Å². The van der Waals surface area contributed by atoms with Gasteiger partial charge in [-0.15, -0.1) is 17.0 Å². The number of nitrogens with zero attached hydrogens (tertiary/aromatic N) is 1. The summed E-state index contributed by atoms with van der Waals surface area (Å²) in [5.74, 6) is 2.00. The molecule has 0 radical (unpaired) electrons. The fourth-order valence-corrected chi connectivity index (χ4v) is 1.82. The molecule has 0 unspecified atom stereocenters. The molecule has 94 valence electrons. The number of nitrogens with one attached hydrogen (secondary N) is 1. The molecule has 0 bridgehead atoms. The van der Waals surface area contributed by atoms with Gasteiger partial charge in [-0.3, -0.25) is 4.99 Å². The Hall–Kier alpha value is -1.03. The SMILES string of the molecule is Br.COc1ccc(NC2=NCCCCC2)cc1.